The van der Waals surface area contributed by atoms with Crippen molar-refractivity contribution in [3.8, 4) is 0 Å². The highest BCUT2D eigenvalue weighted by Gasteiger charge is 2.20. The summed E-state index contributed by atoms with van der Waals surface area (Å²) in [6, 6.07) is 6.50. The number of hydrogen-bond donors (Lipinski definition) is 2. The van der Waals surface area contributed by atoms with E-state index in [0.29, 0.717) is 23.0 Å². The van der Waals surface area contributed by atoms with Crippen molar-refractivity contribution in [2.45, 2.75) is 19.4 Å². The Morgan fingerprint density at radius 1 is 1.47 bits per heavy atom. The van der Waals surface area contributed by atoms with Gasteiger partial charge in [-0.2, -0.15) is 0 Å². The van der Waals surface area contributed by atoms with Gasteiger partial charge in [0.15, 0.2) is 0 Å². The molecular formula is C13H15N3O3. The van der Waals surface area contributed by atoms with Gasteiger partial charge < -0.3 is 10.4 Å². The maximum absolute atomic E-state index is 11.3. The number of nitrogens with zero attached hydrogens (tertiary/aromatic N) is 2. The Morgan fingerprint density at radius 2 is 2.26 bits per heavy atom. The maximum atomic E-state index is 11.3. The first-order valence-corrected chi connectivity index (χ1v) is 6.07. The Balaban J connectivity index is 2.54. The molecule has 0 spiro atoms. The van der Waals surface area contributed by atoms with Crippen molar-refractivity contribution in [3.63, 3.8) is 0 Å². The van der Waals surface area contributed by atoms with Crippen LogP contribution in [-0.4, -0.2) is 27.7 Å². The van der Waals surface area contributed by atoms with Gasteiger partial charge in [0.2, 0.25) is 0 Å². The highest BCUT2D eigenvalue weighted by Crippen LogP contribution is 2.32. The number of nitrogens with one attached hydrogen (secondary N) is 1. The van der Waals surface area contributed by atoms with E-state index in [-0.39, 0.29) is 18.3 Å². The molecule has 0 amide bonds. The van der Waals surface area contributed by atoms with Crippen LogP contribution in [0.1, 0.15) is 13.3 Å². The molecule has 19 heavy (non-hydrogen) atoms. The summed E-state index contributed by atoms with van der Waals surface area (Å²) in [6.07, 6.45) is 2.28. The van der Waals surface area contributed by atoms with E-state index < -0.39 is 4.92 Å². The summed E-state index contributed by atoms with van der Waals surface area (Å²) in [7, 11) is 0. The summed E-state index contributed by atoms with van der Waals surface area (Å²) in [5.74, 6) is 0. The third-order valence-corrected chi connectivity index (χ3v) is 3.01. The van der Waals surface area contributed by atoms with Crippen LogP contribution < -0.4 is 5.32 Å². The van der Waals surface area contributed by atoms with Gasteiger partial charge in [-0.25, -0.2) is 0 Å². The lowest BCUT2D eigenvalue weighted by Crippen LogP contribution is -2.23. The minimum absolute atomic E-state index is 0.00231. The van der Waals surface area contributed by atoms with E-state index in [0.717, 1.165) is 0 Å². The maximum Gasteiger partial charge on any atom is 0.301 e. The molecule has 0 radical (unpaired) electrons. The van der Waals surface area contributed by atoms with E-state index in [1.165, 1.54) is 0 Å². The Hall–Kier alpha value is -2.21. The molecule has 100 valence electrons. The lowest BCUT2D eigenvalue weighted by atomic mass is 10.1. The topological polar surface area (TPSA) is 88.3 Å². The van der Waals surface area contributed by atoms with Crippen molar-refractivity contribution in [2.24, 2.45) is 0 Å². The zero-order valence-electron chi connectivity index (χ0n) is 10.5. The van der Waals surface area contributed by atoms with Gasteiger partial charge in [0, 0.05) is 12.2 Å². The number of hydrogen-bond acceptors (Lipinski definition) is 5. The first-order valence-electron chi connectivity index (χ1n) is 6.07. The molecule has 6 heteroatoms. The van der Waals surface area contributed by atoms with E-state index in [1.54, 1.807) is 30.5 Å². The second-order valence-corrected chi connectivity index (χ2v) is 4.22. The van der Waals surface area contributed by atoms with Gasteiger partial charge in [0.1, 0.15) is 5.69 Å². The van der Waals surface area contributed by atoms with Crippen molar-refractivity contribution >= 4 is 22.3 Å². The summed E-state index contributed by atoms with van der Waals surface area (Å²) >= 11 is 0. The van der Waals surface area contributed by atoms with Crippen LogP contribution in [-0.2, 0) is 0 Å². The average molecular weight is 261 g/mol. The second-order valence-electron chi connectivity index (χ2n) is 4.22. The third-order valence-electron chi connectivity index (χ3n) is 3.01. The van der Waals surface area contributed by atoms with E-state index in [1.807, 2.05) is 6.92 Å². The molecule has 2 rings (SSSR count). The second kappa shape index (κ2) is 5.62. The highest BCUT2D eigenvalue weighted by molar-refractivity contribution is 5.94. The monoisotopic (exact) mass is 261 g/mol. The number of nitro benzene ring substituents is 1. The molecule has 0 aliphatic heterocycles. The van der Waals surface area contributed by atoms with Crippen LogP contribution in [0.4, 0.5) is 11.4 Å². The van der Waals surface area contributed by atoms with Gasteiger partial charge in [-0.15, -0.1) is 0 Å². The van der Waals surface area contributed by atoms with Gasteiger partial charge in [-0.05, 0) is 30.7 Å². The van der Waals surface area contributed by atoms with Crippen molar-refractivity contribution in [3.05, 3.63) is 40.6 Å². The highest BCUT2D eigenvalue weighted by atomic mass is 16.6. The molecule has 1 aromatic heterocycles. The zero-order valence-corrected chi connectivity index (χ0v) is 10.5. The molecule has 6 nitrogen and oxygen atoms in total. The molecule has 1 unspecified atom stereocenters. The molecule has 0 saturated carbocycles. The standard InChI is InChI=1S/C13H15N3O3/c1-2-9(8-17)15-12-6-5-11-10(4-3-7-14-11)13(12)16(18)19/h3-7,9,15,17H,2,8H2,1H3. The fraction of sp³-hybridized carbons (Fsp3) is 0.308. The molecule has 0 bridgehead atoms. The number of rotatable bonds is 5. The minimum atomic E-state index is -0.420. The normalized spacial score (nSPS) is 12.3. The fourth-order valence-electron chi connectivity index (χ4n) is 1.95. The number of aliphatic hydroxyl groups excluding tert-OH is 1. The molecule has 0 saturated heterocycles. The number of aliphatic hydroxyl groups is 1. The number of anilines is 1. The first-order chi connectivity index (χ1) is 9.17. The summed E-state index contributed by atoms with van der Waals surface area (Å²) < 4.78 is 0. The zero-order chi connectivity index (χ0) is 13.8. The Bertz CT molecular complexity index is 597. The molecule has 1 aromatic carbocycles. The van der Waals surface area contributed by atoms with E-state index in [4.69, 9.17) is 0 Å². The smallest absolute Gasteiger partial charge is 0.301 e. The molecule has 2 N–H and O–H groups in total. The lowest BCUT2D eigenvalue weighted by molar-refractivity contribution is -0.382. The van der Waals surface area contributed by atoms with Crippen molar-refractivity contribution in [2.75, 3.05) is 11.9 Å². The van der Waals surface area contributed by atoms with Crippen LogP contribution >= 0.6 is 0 Å². The van der Waals surface area contributed by atoms with Gasteiger partial charge in [0.05, 0.1) is 22.4 Å². The quantitative estimate of drug-likeness (QED) is 0.637. The number of nitro groups is 1. The lowest BCUT2D eigenvalue weighted by Gasteiger charge is -2.16. The van der Waals surface area contributed by atoms with Gasteiger partial charge in [-0.3, -0.25) is 15.1 Å². The average Bonchev–Trinajstić information content (AvgIpc) is 2.43. The third kappa shape index (κ3) is 2.63. The number of aromatic nitrogens is 1. The molecule has 0 aliphatic rings. The SMILES string of the molecule is CCC(CO)Nc1ccc2ncccc2c1[N+](=O)[O-]. The summed E-state index contributed by atoms with van der Waals surface area (Å²) in [6.45, 7) is 1.83. The fourth-order valence-corrected chi connectivity index (χ4v) is 1.95. The van der Waals surface area contributed by atoms with Crippen LogP contribution in [0, 0.1) is 10.1 Å². The molecule has 1 atom stereocenters. The largest absolute Gasteiger partial charge is 0.394 e. The van der Waals surface area contributed by atoms with Crippen LogP contribution in [0.5, 0.6) is 0 Å². The predicted molar refractivity (Wildman–Crippen MR) is 73.2 cm³/mol. The van der Waals surface area contributed by atoms with Crippen LogP contribution in [0.25, 0.3) is 10.9 Å². The summed E-state index contributed by atoms with van der Waals surface area (Å²) in [5, 5.41) is 23.9. The van der Waals surface area contributed by atoms with E-state index >= 15 is 0 Å². The van der Waals surface area contributed by atoms with Crippen molar-refractivity contribution in [1.29, 1.82) is 0 Å². The van der Waals surface area contributed by atoms with Gasteiger partial charge in [0.25, 0.3) is 0 Å². The summed E-state index contributed by atoms with van der Waals surface area (Å²) in [5.41, 5.74) is 0.987. The Labute approximate surface area is 110 Å². The summed E-state index contributed by atoms with van der Waals surface area (Å²) in [4.78, 5) is 15.0. The van der Waals surface area contributed by atoms with E-state index in [9.17, 15) is 15.2 Å². The van der Waals surface area contributed by atoms with Crippen molar-refractivity contribution in [1.82, 2.24) is 4.98 Å². The number of fused-ring (bicyclic) bond motifs is 1. The minimum Gasteiger partial charge on any atom is -0.394 e. The van der Waals surface area contributed by atoms with E-state index in [2.05, 4.69) is 10.3 Å². The van der Waals surface area contributed by atoms with Crippen LogP contribution in [0.2, 0.25) is 0 Å². The number of pyridine rings is 1. The van der Waals surface area contributed by atoms with Gasteiger partial charge >= 0.3 is 5.69 Å². The molecule has 1 heterocycles. The Morgan fingerprint density at radius 3 is 2.89 bits per heavy atom. The molecule has 2 aromatic rings. The first kappa shape index (κ1) is 13.2. The van der Waals surface area contributed by atoms with Crippen LogP contribution in [0.3, 0.4) is 0 Å². The van der Waals surface area contributed by atoms with Gasteiger partial charge in [-0.1, -0.05) is 6.92 Å². The molecule has 0 fully saturated rings. The Kier molecular flexibility index (Phi) is 3.91. The van der Waals surface area contributed by atoms with Crippen LogP contribution in [0.15, 0.2) is 30.5 Å². The van der Waals surface area contributed by atoms with Crippen molar-refractivity contribution < 1.29 is 10.0 Å². The predicted octanol–water partition coefficient (Wildman–Crippen LogP) is 2.33. The number of benzene rings is 1. The molecule has 0 aliphatic carbocycles. The molecular weight excluding hydrogens is 246 g/mol.